The molecule has 2 N–H and O–H groups in total. The molecule has 0 radical (unpaired) electrons. The van der Waals surface area contributed by atoms with Gasteiger partial charge in [0, 0.05) is 0 Å². The van der Waals surface area contributed by atoms with Crippen LogP contribution in [0.25, 0.3) is 0 Å². The monoisotopic (exact) mass is 187 g/mol. The Morgan fingerprint density at radius 2 is 1.86 bits per heavy atom. The zero-order valence-corrected chi connectivity index (χ0v) is 7.41. The molecule has 0 aliphatic carbocycles. The van der Waals surface area contributed by atoms with Crippen LogP contribution in [0, 0.1) is 0 Å². The minimum atomic E-state index is 0.374. The lowest BCUT2D eigenvalue weighted by atomic mass is 10.3. The highest BCUT2D eigenvalue weighted by molar-refractivity contribution is 5.54. The van der Waals surface area contributed by atoms with Crippen LogP contribution in [0.2, 0.25) is 0 Å². The van der Waals surface area contributed by atoms with Gasteiger partial charge in [0.1, 0.15) is 0 Å². The smallest absolute Gasteiger partial charge is 0.245 e. The summed E-state index contributed by atoms with van der Waals surface area (Å²) in [6, 6.07) is 9.45. The van der Waals surface area contributed by atoms with Crippen molar-refractivity contribution in [1.29, 1.82) is 0 Å². The lowest BCUT2D eigenvalue weighted by Gasteiger charge is -2.14. The molecule has 70 valence electrons. The van der Waals surface area contributed by atoms with Crippen LogP contribution in [0.1, 0.15) is 0 Å². The maximum absolute atomic E-state index is 5.78. The number of benzene rings is 1. The Bertz CT molecular complexity index is 349. The SMILES string of the molecule is NN(c1ccccc1)c1nccnn1. The molecule has 14 heavy (non-hydrogen) atoms. The van der Waals surface area contributed by atoms with E-state index in [2.05, 4.69) is 15.2 Å². The predicted octanol–water partition coefficient (Wildman–Crippen LogP) is 0.883. The Morgan fingerprint density at radius 3 is 2.50 bits per heavy atom. The van der Waals surface area contributed by atoms with Crippen LogP contribution in [0.4, 0.5) is 11.6 Å². The van der Waals surface area contributed by atoms with Gasteiger partial charge in [0.25, 0.3) is 5.95 Å². The Hall–Kier alpha value is -2.01. The molecule has 2 aromatic rings. The van der Waals surface area contributed by atoms with Gasteiger partial charge in [-0.3, -0.25) is 0 Å². The first kappa shape index (κ1) is 8.58. The third-order valence-corrected chi connectivity index (χ3v) is 1.72. The second-order valence-electron chi connectivity index (χ2n) is 2.65. The van der Waals surface area contributed by atoms with Crippen molar-refractivity contribution in [1.82, 2.24) is 15.2 Å². The average molecular weight is 187 g/mol. The van der Waals surface area contributed by atoms with Crippen molar-refractivity contribution in [2.45, 2.75) is 0 Å². The summed E-state index contributed by atoms with van der Waals surface area (Å²) in [4.78, 5) is 3.98. The van der Waals surface area contributed by atoms with Crippen molar-refractivity contribution in [2.24, 2.45) is 5.84 Å². The van der Waals surface area contributed by atoms with E-state index in [4.69, 9.17) is 5.84 Å². The molecule has 0 amide bonds. The van der Waals surface area contributed by atoms with E-state index in [1.54, 1.807) is 6.20 Å². The van der Waals surface area contributed by atoms with E-state index in [-0.39, 0.29) is 0 Å². The van der Waals surface area contributed by atoms with Crippen molar-refractivity contribution < 1.29 is 0 Å². The van der Waals surface area contributed by atoms with E-state index in [1.807, 2.05) is 30.3 Å². The number of hydrazine groups is 1. The zero-order valence-electron chi connectivity index (χ0n) is 7.41. The average Bonchev–Trinajstić information content (AvgIpc) is 2.30. The first-order chi connectivity index (χ1) is 6.88. The number of nitrogens with two attached hydrogens (primary N) is 1. The fourth-order valence-electron chi connectivity index (χ4n) is 1.06. The van der Waals surface area contributed by atoms with Crippen molar-refractivity contribution in [3.8, 4) is 0 Å². The number of para-hydroxylation sites is 1. The van der Waals surface area contributed by atoms with Crippen molar-refractivity contribution in [2.75, 3.05) is 5.01 Å². The van der Waals surface area contributed by atoms with Crippen molar-refractivity contribution in [3.63, 3.8) is 0 Å². The Morgan fingerprint density at radius 1 is 1.07 bits per heavy atom. The van der Waals surface area contributed by atoms with Gasteiger partial charge in [-0.15, -0.1) is 5.10 Å². The Balaban J connectivity index is 2.30. The molecule has 0 bridgehead atoms. The molecule has 2 rings (SSSR count). The zero-order chi connectivity index (χ0) is 9.80. The van der Waals surface area contributed by atoms with Crippen LogP contribution in [-0.2, 0) is 0 Å². The van der Waals surface area contributed by atoms with Gasteiger partial charge in [-0.2, -0.15) is 5.10 Å². The Kier molecular flexibility index (Phi) is 2.33. The standard InChI is InChI=1S/C9H9N5/c10-14(8-4-2-1-3-5-8)9-11-6-7-12-13-9/h1-7H,10H2. The summed E-state index contributed by atoms with van der Waals surface area (Å²) in [6.07, 6.45) is 3.05. The van der Waals surface area contributed by atoms with Crippen LogP contribution in [-0.4, -0.2) is 15.2 Å². The van der Waals surface area contributed by atoms with E-state index in [0.717, 1.165) is 5.69 Å². The second-order valence-corrected chi connectivity index (χ2v) is 2.65. The van der Waals surface area contributed by atoms with Crippen LogP contribution in [0.5, 0.6) is 0 Å². The number of aromatic nitrogens is 3. The molecule has 0 spiro atoms. The second kappa shape index (κ2) is 3.80. The van der Waals surface area contributed by atoms with Crippen molar-refractivity contribution >= 4 is 11.6 Å². The predicted molar refractivity (Wildman–Crippen MR) is 52.6 cm³/mol. The number of hydrogen-bond acceptors (Lipinski definition) is 5. The third kappa shape index (κ3) is 1.67. The van der Waals surface area contributed by atoms with Crippen LogP contribution in [0.3, 0.4) is 0 Å². The molecule has 5 nitrogen and oxygen atoms in total. The summed E-state index contributed by atoms with van der Waals surface area (Å²) in [5, 5.41) is 8.87. The van der Waals surface area contributed by atoms with Gasteiger partial charge >= 0.3 is 0 Å². The minimum absolute atomic E-state index is 0.374. The van der Waals surface area contributed by atoms with Crippen molar-refractivity contribution in [3.05, 3.63) is 42.7 Å². The van der Waals surface area contributed by atoms with Gasteiger partial charge in [0.05, 0.1) is 18.1 Å². The first-order valence-electron chi connectivity index (χ1n) is 4.11. The number of hydrogen-bond donors (Lipinski definition) is 1. The van der Waals surface area contributed by atoms with Crippen LogP contribution < -0.4 is 10.9 Å². The fraction of sp³-hybridized carbons (Fsp3) is 0. The number of anilines is 2. The molecular formula is C9H9N5. The molecule has 0 saturated heterocycles. The lowest BCUT2D eigenvalue weighted by Crippen LogP contribution is -2.27. The van der Waals surface area contributed by atoms with E-state index < -0.39 is 0 Å². The summed E-state index contributed by atoms with van der Waals surface area (Å²) >= 11 is 0. The summed E-state index contributed by atoms with van der Waals surface area (Å²) in [5.41, 5.74) is 0.820. The highest BCUT2D eigenvalue weighted by Gasteiger charge is 2.05. The third-order valence-electron chi connectivity index (χ3n) is 1.72. The summed E-state index contributed by atoms with van der Waals surface area (Å²) in [6.45, 7) is 0. The largest absolute Gasteiger partial charge is 0.264 e. The molecule has 1 aromatic carbocycles. The van der Waals surface area contributed by atoms with E-state index >= 15 is 0 Å². The molecule has 0 unspecified atom stereocenters. The molecule has 0 aliphatic rings. The van der Waals surface area contributed by atoms with Crippen LogP contribution in [0.15, 0.2) is 42.7 Å². The minimum Gasteiger partial charge on any atom is -0.245 e. The van der Waals surface area contributed by atoms with Gasteiger partial charge in [0.2, 0.25) is 0 Å². The van der Waals surface area contributed by atoms with E-state index in [1.165, 1.54) is 11.2 Å². The first-order valence-corrected chi connectivity index (χ1v) is 4.11. The van der Waals surface area contributed by atoms with Gasteiger partial charge in [-0.05, 0) is 12.1 Å². The number of nitrogens with zero attached hydrogens (tertiary/aromatic N) is 4. The highest BCUT2D eigenvalue weighted by atomic mass is 15.5. The molecular weight excluding hydrogens is 178 g/mol. The summed E-state index contributed by atoms with van der Waals surface area (Å²) in [7, 11) is 0. The molecule has 0 atom stereocenters. The highest BCUT2D eigenvalue weighted by Crippen LogP contribution is 2.15. The topological polar surface area (TPSA) is 67.9 Å². The Labute approximate surface area is 81.2 Å². The molecule has 1 heterocycles. The fourth-order valence-corrected chi connectivity index (χ4v) is 1.06. The maximum atomic E-state index is 5.78. The number of rotatable bonds is 2. The van der Waals surface area contributed by atoms with Crippen LogP contribution >= 0.6 is 0 Å². The van der Waals surface area contributed by atoms with E-state index in [9.17, 15) is 0 Å². The van der Waals surface area contributed by atoms with Gasteiger partial charge in [0.15, 0.2) is 0 Å². The molecule has 1 aromatic heterocycles. The molecule has 0 fully saturated rings. The quantitative estimate of drug-likeness (QED) is 0.558. The van der Waals surface area contributed by atoms with Gasteiger partial charge < -0.3 is 0 Å². The van der Waals surface area contributed by atoms with Gasteiger partial charge in [-0.25, -0.2) is 15.8 Å². The maximum Gasteiger partial charge on any atom is 0.264 e. The molecule has 0 saturated carbocycles. The summed E-state index contributed by atoms with van der Waals surface area (Å²) in [5.74, 6) is 6.16. The molecule has 0 aliphatic heterocycles. The normalized spacial score (nSPS) is 9.79. The summed E-state index contributed by atoms with van der Waals surface area (Å²) < 4.78 is 0. The van der Waals surface area contributed by atoms with Gasteiger partial charge in [-0.1, -0.05) is 18.2 Å². The lowest BCUT2D eigenvalue weighted by molar-refractivity contribution is 0.898. The van der Waals surface area contributed by atoms with E-state index in [0.29, 0.717) is 5.95 Å². The molecule has 5 heteroatoms.